The number of nitrogens with two attached hydrogens (primary N) is 1. The first-order valence-corrected chi connectivity index (χ1v) is 6.60. The van der Waals surface area contributed by atoms with Crippen LogP contribution < -0.4 is 21.7 Å². The van der Waals surface area contributed by atoms with Gasteiger partial charge in [0.25, 0.3) is 5.91 Å². The molecule has 0 bridgehead atoms. The molecule has 7 nitrogen and oxygen atoms in total. The number of primary amides is 1. The zero-order valence-corrected chi connectivity index (χ0v) is 12.1. The van der Waals surface area contributed by atoms with Crippen LogP contribution in [0.25, 0.3) is 0 Å². The number of benzene rings is 1. The van der Waals surface area contributed by atoms with Crippen LogP contribution in [0.1, 0.15) is 24.2 Å². The van der Waals surface area contributed by atoms with Crippen molar-refractivity contribution in [2.75, 3.05) is 18.4 Å². The molecule has 0 heterocycles. The molecule has 1 aromatic rings. The molecule has 0 atom stereocenters. The molecule has 0 unspecified atom stereocenters. The third kappa shape index (κ3) is 5.94. The van der Waals surface area contributed by atoms with Crippen LogP contribution in [0, 0.1) is 5.92 Å². The van der Waals surface area contributed by atoms with Gasteiger partial charge in [0.05, 0.1) is 12.1 Å². The summed E-state index contributed by atoms with van der Waals surface area (Å²) in [4.78, 5) is 34.2. The third-order valence-corrected chi connectivity index (χ3v) is 2.56. The average Bonchev–Trinajstić information content (AvgIpc) is 2.43. The summed E-state index contributed by atoms with van der Waals surface area (Å²) in [5, 5.41) is 7.53. The van der Waals surface area contributed by atoms with Gasteiger partial charge in [-0.2, -0.15) is 0 Å². The van der Waals surface area contributed by atoms with E-state index in [1.807, 2.05) is 13.8 Å². The summed E-state index contributed by atoms with van der Waals surface area (Å²) >= 11 is 0. The van der Waals surface area contributed by atoms with Crippen LogP contribution >= 0.6 is 0 Å². The van der Waals surface area contributed by atoms with Gasteiger partial charge in [-0.1, -0.05) is 26.0 Å². The lowest BCUT2D eigenvalue weighted by Crippen LogP contribution is -2.43. The van der Waals surface area contributed by atoms with E-state index in [9.17, 15) is 14.4 Å². The molecule has 114 valence electrons. The van der Waals surface area contributed by atoms with Crippen molar-refractivity contribution in [1.29, 1.82) is 0 Å². The van der Waals surface area contributed by atoms with Gasteiger partial charge in [0, 0.05) is 12.2 Å². The van der Waals surface area contributed by atoms with Gasteiger partial charge in [0.2, 0.25) is 5.91 Å². The number of imide groups is 1. The Morgan fingerprint density at radius 3 is 2.48 bits per heavy atom. The standard InChI is InChI=1S/C14H20N4O3/c1-9(2)7-17-14(21)18-12(19)8-16-11-6-4-3-5-10(11)13(15)20/h3-6,9,16H,7-8H2,1-2H3,(H2,15,20)(H2,17,18,19,21). The van der Waals surface area contributed by atoms with Gasteiger partial charge >= 0.3 is 6.03 Å². The lowest BCUT2D eigenvalue weighted by Gasteiger charge is -2.11. The number of urea groups is 1. The first kappa shape index (κ1) is 16.5. The molecule has 0 aliphatic carbocycles. The molecule has 0 fully saturated rings. The number of para-hydroxylation sites is 1. The number of hydrogen-bond acceptors (Lipinski definition) is 4. The fourth-order valence-corrected chi connectivity index (χ4v) is 1.54. The Morgan fingerprint density at radius 1 is 1.19 bits per heavy atom. The smallest absolute Gasteiger partial charge is 0.321 e. The highest BCUT2D eigenvalue weighted by atomic mass is 16.2. The Bertz CT molecular complexity index is 529. The number of amides is 4. The number of nitrogens with one attached hydrogen (secondary N) is 3. The minimum absolute atomic E-state index is 0.139. The van der Waals surface area contributed by atoms with Crippen LogP contribution in [0.4, 0.5) is 10.5 Å². The average molecular weight is 292 g/mol. The second kappa shape index (κ2) is 7.88. The Labute approximate surface area is 123 Å². The number of carbonyl (C=O) groups is 3. The van der Waals surface area contributed by atoms with Crippen molar-refractivity contribution in [3.05, 3.63) is 29.8 Å². The van der Waals surface area contributed by atoms with Crippen LogP contribution in [0.15, 0.2) is 24.3 Å². The molecule has 0 aromatic heterocycles. The minimum Gasteiger partial charge on any atom is -0.375 e. The summed E-state index contributed by atoms with van der Waals surface area (Å²) in [7, 11) is 0. The highest BCUT2D eigenvalue weighted by molar-refractivity contribution is 6.00. The van der Waals surface area contributed by atoms with E-state index in [1.54, 1.807) is 24.3 Å². The van der Waals surface area contributed by atoms with E-state index in [4.69, 9.17) is 5.73 Å². The molecule has 0 saturated carbocycles. The summed E-state index contributed by atoms with van der Waals surface area (Å²) in [5.74, 6) is -0.796. The zero-order valence-electron chi connectivity index (χ0n) is 12.1. The molecule has 0 aliphatic heterocycles. The van der Waals surface area contributed by atoms with E-state index in [-0.39, 0.29) is 12.1 Å². The summed E-state index contributed by atoms with van der Waals surface area (Å²) in [5.41, 5.74) is 5.96. The summed E-state index contributed by atoms with van der Waals surface area (Å²) < 4.78 is 0. The van der Waals surface area contributed by atoms with Crippen molar-refractivity contribution >= 4 is 23.5 Å². The van der Waals surface area contributed by atoms with Crippen molar-refractivity contribution in [2.24, 2.45) is 11.7 Å². The first-order chi connectivity index (χ1) is 9.90. The molecule has 0 aliphatic rings. The Hall–Kier alpha value is -2.57. The highest BCUT2D eigenvalue weighted by Crippen LogP contribution is 2.13. The molecular formula is C14H20N4O3. The zero-order chi connectivity index (χ0) is 15.8. The highest BCUT2D eigenvalue weighted by Gasteiger charge is 2.10. The number of hydrogen-bond donors (Lipinski definition) is 4. The fraction of sp³-hybridized carbons (Fsp3) is 0.357. The Kier molecular flexibility index (Phi) is 6.19. The van der Waals surface area contributed by atoms with Crippen LogP contribution in [0.3, 0.4) is 0 Å². The van der Waals surface area contributed by atoms with Crippen molar-refractivity contribution in [1.82, 2.24) is 10.6 Å². The third-order valence-electron chi connectivity index (χ3n) is 2.56. The second-order valence-corrected chi connectivity index (χ2v) is 4.92. The largest absolute Gasteiger partial charge is 0.375 e. The van der Waals surface area contributed by atoms with Crippen molar-refractivity contribution in [3.63, 3.8) is 0 Å². The maximum atomic E-state index is 11.6. The van der Waals surface area contributed by atoms with Crippen molar-refractivity contribution in [3.8, 4) is 0 Å². The maximum absolute atomic E-state index is 11.6. The van der Waals surface area contributed by atoms with Crippen LogP contribution in [0.5, 0.6) is 0 Å². The molecule has 0 spiro atoms. The number of carbonyl (C=O) groups excluding carboxylic acids is 3. The second-order valence-electron chi connectivity index (χ2n) is 4.92. The maximum Gasteiger partial charge on any atom is 0.321 e. The van der Waals surface area contributed by atoms with Gasteiger partial charge in [0.15, 0.2) is 0 Å². The monoisotopic (exact) mass is 292 g/mol. The van der Waals surface area contributed by atoms with Gasteiger partial charge in [-0.3, -0.25) is 14.9 Å². The molecule has 5 N–H and O–H groups in total. The van der Waals surface area contributed by atoms with Gasteiger partial charge in [-0.15, -0.1) is 0 Å². The predicted molar refractivity (Wildman–Crippen MR) is 79.8 cm³/mol. The molecule has 1 rings (SSSR count). The van der Waals surface area contributed by atoms with Gasteiger partial charge < -0.3 is 16.4 Å². The van der Waals surface area contributed by atoms with Gasteiger partial charge in [-0.25, -0.2) is 4.79 Å². The molecule has 0 radical (unpaired) electrons. The molecule has 4 amide bonds. The predicted octanol–water partition coefficient (Wildman–Crippen LogP) is 0.679. The van der Waals surface area contributed by atoms with Gasteiger partial charge in [-0.05, 0) is 18.1 Å². The van der Waals surface area contributed by atoms with E-state index < -0.39 is 17.8 Å². The van der Waals surface area contributed by atoms with E-state index in [0.717, 1.165) is 0 Å². The van der Waals surface area contributed by atoms with Crippen molar-refractivity contribution in [2.45, 2.75) is 13.8 Å². The fourth-order valence-electron chi connectivity index (χ4n) is 1.54. The van der Waals surface area contributed by atoms with Crippen LogP contribution in [0.2, 0.25) is 0 Å². The molecule has 0 saturated heterocycles. The Balaban J connectivity index is 2.47. The van der Waals surface area contributed by atoms with E-state index >= 15 is 0 Å². The van der Waals surface area contributed by atoms with E-state index in [1.165, 1.54) is 0 Å². The van der Waals surface area contributed by atoms with E-state index in [0.29, 0.717) is 18.2 Å². The van der Waals surface area contributed by atoms with Crippen LogP contribution in [-0.4, -0.2) is 30.9 Å². The number of rotatable bonds is 6. The lowest BCUT2D eigenvalue weighted by atomic mass is 10.1. The quantitative estimate of drug-likeness (QED) is 0.617. The number of anilines is 1. The summed E-state index contributed by atoms with van der Waals surface area (Å²) in [6.07, 6.45) is 0. The minimum atomic E-state index is -0.590. The molecule has 1 aromatic carbocycles. The van der Waals surface area contributed by atoms with Crippen LogP contribution in [-0.2, 0) is 4.79 Å². The SMILES string of the molecule is CC(C)CNC(=O)NC(=O)CNc1ccccc1C(N)=O. The molecule has 7 heteroatoms. The molecular weight excluding hydrogens is 272 g/mol. The topological polar surface area (TPSA) is 113 Å². The summed E-state index contributed by atoms with van der Waals surface area (Å²) in [6, 6.07) is 6.02. The Morgan fingerprint density at radius 2 is 1.86 bits per heavy atom. The van der Waals surface area contributed by atoms with Gasteiger partial charge in [0.1, 0.15) is 0 Å². The van der Waals surface area contributed by atoms with Crippen molar-refractivity contribution < 1.29 is 14.4 Å². The summed E-state index contributed by atoms with van der Waals surface area (Å²) in [6.45, 7) is 4.24. The normalized spacial score (nSPS) is 10.0. The van der Waals surface area contributed by atoms with E-state index in [2.05, 4.69) is 16.0 Å². The first-order valence-electron chi connectivity index (χ1n) is 6.60. The lowest BCUT2D eigenvalue weighted by molar-refractivity contribution is -0.118. The molecule has 21 heavy (non-hydrogen) atoms.